The summed E-state index contributed by atoms with van der Waals surface area (Å²) in [5.41, 5.74) is 4.77. The quantitative estimate of drug-likeness (QED) is 0.0943. The number of H-pyrrole nitrogens is 2. The number of likely N-dealkylation sites (tertiary alicyclic amines) is 1. The standard InChI is InChI=1S/C47H58N8O7/c1-27(2)40(53-46(60)62-4)44(58)55-22-8-9-36(55)41-48-24-34(51-41)30-14-10-28(11-15-30)29-12-16-31(17-13-29)35-25-49-42(52-35)38-32-18-19-33(23-32)39(38)43(57)54-47(20-6-5-7-21-47)45(59)50-26-37(56)61-3/h10-17,24-25,27,32-33,36,38-40H,5-9,18-23,26H2,1-4H3,(H,48,51)(H,49,52)(H,50,59)(H,53,60)(H,54,57)/t32?,33?,36-,38+,39+,40?/m0/s1. The number of benzene rings is 2. The first-order chi connectivity index (χ1) is 30.0. The monoisotopic (exact) mass is 846 g/mol. The van der Waals surface area contributed by atoms with Crippen LogP contribution in [0, 0.1) is 23.7 Å². The zero-order valence-electron chi connectivity index (χ0n) is 36.0. The van der Waals surface area contributed by atoms with Crippen molar-refractivity contribution < 1.29 is 33.4 Å². The maximum atomic E-state index is 14.2. The smallest absolute Gasteiger partial charge is 0.407 e. The highest BCUT2D eigenvalue weighted by molar-refractivity contribution is 5.94. The molecule has 15 heteroatoms. The van der Waals surface area contributed by atoms with Crippen LogP contribution in [0.25, 0.3) is 33.6 Å². The number of aromatic amines is 2. The van der Waals surface area contributed by atoms with Crippen molar-refractivity contribution in [3.63, 3.8) is 0 Å². The maximum absolute atomic E-state index is 14.2. The van der Waals surface area contributed by atoms with E-state index in [2.05, 4.69) is 79.4 Å². The van der Waals surface area contributed by atoms with Crippen molar-refractivity contribution >= 4 is 29.8 Å². The lowest BCUT2D eigenvalue weighted by Crippen LogP contribution is -2.61. The third-order valence-corrected chi connectivity index (χ3v) is 13.8. The first-order valence-corrected chi connectivity index (χ1v) is 22.1. The lowest BCUT2D eigenvalue weighted by molar-refractivity contribution is -0.143. The van der Waals surface area contributed by atoms with Crippen molar-refractivity contribution in [1.82, 2.24) is 40.8 Å². The molecule has 4 fully saturated rings. The minimum atomic E-state index is -1.04. The summed E-state index contributed by atoms with van der Waals surface area (Å²) in [5, 5.41) is 8.64. The maximum Gasteiger partial charge on any atom is 0.407 e. The summed E-state index contributed by atoms with van der Waals surface area (Å²) in [6.45, 7) is 4.16. The molecule has 4 aliphatic rings. The average molecular weight is 847 g/mol. The molecule has 0 radical (unpaired) electrons. The van der Waals surface area contributed by atoms with Crippen molar-refractivity contribution in [2.24, 2.45) is 23.7 Å². The molecule has 3 heterocycles. The van der Waals surface area contributed by atoms with Crippen LogP contribution in [0.4, 0.5) is 4.79 Å². The van der Waals surface area contributed by atoms with Gasteiger partial charge < -0.3 is 40.3 Å². The molecule has 1 saturated heterocycles. The normalized spacial score (nSPS) is 23.2. The molecule has 62 heavy (non-hydrogen) atoms. The fourth-order valence-corrected chi connectivity index (χ4v) is 10.5. The highest BCUT2D eigenvalue weighted by Crippen LogP contribution is 2.56. The Kier molecular flexibility index (Phi) is 12.5. The number of aromatic nitrogens is 4. The van der Waals surface area contributed by atoms with E-state index in [0.717, 1.165) is 96.7 Å². The Hall–Kier alpha value is -5.99. The predicted octanol–water partition coefficient (Wildman–Crippen LogP) is 6.42. The van der Waals surface area contributed by atoms with Crippen LogP contribution >= 0.6 is 0 Å². The van der Waals surface area contributed by atoms with Crippen LogP contribution in [0.5, 0.6) is 0 Å². The van der Waals surface area contributed by atoms with Gasteiger partial charge in [0, 0.05) is 12.5 Å². The van der Waals surface area contributed by atoms with Gasteiger partial charge in [-0.3, -0.25) is 19.2 Å². The van der Waals surface area contributed by atoms with E-state index in [1.165, 1.54) is 14.2 Å². The number of ether oxygens (including phenoxy) is 2. The largest absolute Gasteiger partial charge is 0.468 e. The molecule has 4 aromatic rings. The van der Waals surface area contributed by atoms with Crippen LogP contribution < -0.4 is 16.0 Å². The van der Waals surface area contributed by atoms with Gasteiger partial charge in [0.2, 0.25) is 17.7 Å². The number of methoxy groups -OCH3 is 2. The molecule has 3 unspecified atom stereocenters. The third-order valence-electron chi connectivity index (χ3n) is 13.8. The van der Waals surface area contributed by atoms with E-state index in [4.69, 9.17) is 14.5 Å². The molecule has 328 valence electrons. The molecule has 15 nitrogen and oxygen atoms in total. The topological polar surface area (TPSA) is 200 Å². The average Bonchev–Trinajstić information content (AvgIpc) is 4.16. The number of amides is 4. The van der Waals surface area contributed by atoms with Crippen LogP contribution in [0.15, 0.2) is 60.9 Å². The SMILES string of the molecule is COC(=O)CNC(=O)C1(NC(=O)[C@@H]2C3CCC(C3)[C@H]2c2ncc(-c3ccc(-c4ccc(-c5cnc([C@@H]6CCCN6C(=O)C(NC(=O)OC)C(C)C)[nH]5)cc4)cc3)[nH]2)CCCCC1. The Morgan fingerprint density at radius 3 is 1.98 bits per heavy atom. The van der Waals surface area contributed by atoms with Crippen molar-refractivity contribution in [3.05, 3.63) is 72.6 Å². The molecule has 5 N–H and O–H groups in total. The fourth-order valence-electron chi connectivity index (χ4n) is 10.5. The molecule has 8 rings (SSSR count). The van der Waals surface area contributed by atoms with Gasteiger partial charge in [0.1, 0.15) is 29.8 Å². The first-order valence-electron chi connectivity index (χ1n) is 22.1. The van der Waals surface area contributed by atoms with E-state index in [9.17, 15) is 24.0 Å². The van der Waals surface area contributed by atoms with E-state index in [1.807, 2.05) is 24.9 Å². The van der Waals surface area contributed by atoms with Gasteiger partial charge in [-0.25, -0.2) is 14.8 Å². The van der Waals surface area contributed by atoms with E-state index in [0.29, 0.717) is 25.3 Å². The van der Waals surface area contributed by atoms with Gasteiger partial charge in [-0.1, -0.05) is 81.6 Å². The molecule has 0 spiro atoms. The molecular formula is C47H58N8O7. The zero-order valence-corrected chi connectivity index (χ0v) is 36.0. The lowest BCUT2D eigenvalue weighted by Gasteiger charge is -2.39. The van der Waals surface area contributed by atoms with E-state index >= 15 is 0 Å². The van der Waals surface area contributed by atoms with Gasteiger partial charge in [0.05, 0.1) is 50.0 Å². The number of esters is 1. The van der Waals surface area contributed by atoms with Gasteiger partial charge in [-0.15, -0.1) is 0 Å². The Morgan fingerprint density at radius 2 is 1.37 bits per heavy atom. The summed E-state index contributed by atoms with van der Waals surface area (Å²) in [6.07, 6.45) is 11.4. The molecule has 3 aliphatic carbocycles. The number of carbonyl (C=O) groups excluding carboxylic acids is 5. The van der Waals surface area contributed by atoms with Crippen molar-refractivity contribution in [1.29, 1.82) is 0 Å². The van der Waals surface area contributed by atoms with Crippen LogP contribution in [0.1, 0.15) is 102 Å². The molecule has 1 aliphatic heterocycles. The number of hydrogen-bond acceptors (Lipinski definition) is 9. The van der Waals surface area contributed by atoms with E-state index in [1.54, 1.807) is 6.20 Å². The van der Waals surface area contributed by atoms with Crippen LogP contribution in [0.2, 0.25) is 0 Å². The summed E-state index contributed by atoms with van der Waals surface area (Å²) in [7, 11) is 2.57. The second-order valence-corrected chi connectivity index (χ2v) is 17.8. The highest BCUT2D eigenvalue weighted by atomic mass is 16.5. The Bertz CT molecular complexity index is 2260. The van der Waals surface area contributed by atoms with E-state index < -0.39 is 23.6 Å². The molecule has 6 atom stereocenters. The number of alkyl carbamates (subject to hydrolysis) is 1. The minimum absolute atomic E-state index is 0.0721. The van der Waals surface area contributed by atoms with Gasteiger partial charge in [-0.05, 0) is 85.0 Å². The lowest BCUT2D eigenvalue weighted by atomic mass is 9.76. The van der Waals surface area contributed by atoms with Gasteiger partial charge in [-0.2, -0.15) is 0 Å². The summed E-state index contributed by atoms with van der Waals surface area (Å²) in [4.78, 5) is 83.5. The van der Waals surface area contributed by atoms with Crippen LogP contribution in [-0.4, -0.2) is 93.5 Å². The Morgan fingerprint density at radius 1 is 0.774 bits per heavy atom. The molecule has 2 aromatic carbocycles. The minimum Gasteiger partial charge on any atom is -0.468 e. The highest BCUT2D eigenvalue weighted by Gasteiger charge is 2.54. The van der Waals surface area contributed by atoms with Gasteiger partial charge in [0.15, 0.2) is 0 Å². The number of hydrogen-bond donors (Lipinski definition) is 5. The molecule has 2 bridgehead atoms. The van der Waals surface area contributed by atoms with Crippen molar-refractivity contribution in [2.45, 2.75) is 102 Å². The second-order valence-electron chi connectivity index (χ2n) is 17.8. The Balaban J connectivity index is 0.923. The molecule has 4 amide bonds. The molecule has 2 aromatic heterocycles. The number of rotatable bonds is 13. The number of nitrogens with one attached hydrogen (secondary N) is 5. The van der Waals surface area contributed by atoms with E-state index in [-0.39, 0.29) is 54.0 Å². The molecule has 3 saturated carbocycles. The predicted molar refractivity (Wildman–Crippen MR) is 231 cm³/mol. The van der Waals surface area contributed by atoms with Crippen LogP contribution in [0.3, 0.4) is 0 Å². The van der Waals surface area contributed by atoms with Gasteiger partial charge in [0.25, 0.3) is 0 Å². The number of carbonyl (C=O) groups is 5. The summed E-state index contributed by atoms with van der Waals surface area (Å²) in [6, 6.07) is 15.7. The van der Waals surface area contributed by atoms with Gasteiger partial charge >= 0.3 is 12.1 Å². The Labute approximate surface area is 361 Å². The number of fused-ring (bicyclic) bond motifs is 2. The zero-order chi connectivity index (χ0) is 43.5. The summed E-state index contributed by atoms with van der Waals surface area (Å²) in [5.74, 6) is 0.531. The summed E-state index contributed by atoms with van der Waals surface area (Å²) < 4.78 is 9.49. The third kappa shape index (κ3) is 8.58. The number of imidazole rings is 2. The number of nitrogens with zero attached hydrogens (tertiary/aromatic N) is 3. The van der Waals surface area contributed by atoms with Crippen molar-refractivity contribution in [2.75, 3.05) is 27.3 Å². The second kappa shape index (κ2) is 18.2. The summed E-state index contributed by atoms with van der Waals surface area (Å²) >= 11 is 0. The van der Waals surface area contributed by atoms with Crippen LogP contribution in [-0.2, 0) is 28.7 Å². The van der Waals surface area contributed by atoms with Crippen molar-refractivity contribution in [3.8, 4) is 33.6 Å². The molecular weight excluding hydrogens is 789 g/mol. The first kappa shape index (κ1) is 42.7. The fraction of sp³-hybridized carbons (Fsp3) is 0.511.